The summed E-state index contributed by atoms with van der Waals surface area (Å²) in [6.07, 6.45) is 0. The Labute approximate surface area is 155 Å². The Bertz CT molecular complexity index is 912. The number of nitrogens with one attached hydrogen (secondary N) is 1. The van der Waals surface area contributed by atoms with Gasteiger partial charge in [0.25, 0.3) is 5.56 Å². The van der Waals surface area contributed by atoms with Crippen LogP contribution in [0.5, 0.6) is 0 Å². The van der Waals surface area contributed by atoms with Crippen LogP contribution < -0.4 is 11.3 Å². The first-order valence-electron chi connectivity index (χ1n) is 5.82. The summed E-state index contributed by atoms with van der Waals surface area (Å²) in [6, 6.07) is 2.95. The fraction of sp³-hybridized carbons (Fsp3) is 0. The van der Waals surface area contributed by atoms with Crippen molar-refractivity contribution in [3.8, 4) is 11.1 Å². The highest BCUT2D eigenvalue weighted by atomic mass is 127. The fourth-order valence-electron chi connectivity index (χ4n) is 2.05. The fourth-order valence-corrected chi connectivity index (χ4v) is 3.51. The van der Waals surface area contributed by atoms with Gasteiger partial charge in [-0.2, -0.15) is 0 Å². The molecule has 120 valence electrons. The molecule has 0 saturated heterocycles. The van der Waals surface area contributed by atoms with E-state index in [4.69, 9.17) is 17.3 Å². The highest BCUT2D eigenvalue weighted by molar-refractivity contribution is 14.1. The van der Waals surface area contributed by atoms with E-state index in [0.717, 1.165) is 0 Å². The van der Waals surface area contributed by atoms with Crippen molar-refractivity contribution in [2.24, 2.45) is 0 Å². The van der Waals surface area contributed by atoms with Crippen LogP contribution in [-0.2, 0) is 0 Å². The monoisotopic (exact) mass is 512 g/mol. The molecule has 0 radical (unpaired) electrons. The van der Waals surface area contributed by atoms with Gasteiger partial charge in [0.15, 0.2) is 0 Å². The molecule has 0 aliphatic rings. The number of carbonyl (C=O) groups is 2. The zero-order valence-electron chi connectivity index (χ0n) is 11.0. The molecule has 0 saturated carbocycles. The van der Waals surface area contributed by atoms with Gasteiger partial charge in [-0.05, 0) is 50.7 Å². The van der Waals surface area contributed by atoms with Crippen LogP contribution in [0.1, 0.15) is 20.7 Å². The van der Waals surface area contributed by atoms with Crippen molar-refractivity contribution in [1.82, 2.24) is 4.98 Å². The number of nitrogen functional groups attached to an aromatic ring is 1. The summed E-state index contributed by atoms with van der Waals surface area (Å²) in [4.78, 5) is 37.0. The Hall–Kier alpha value is -1.59. The number of carboxylic acids is 2. The second-order valence-corrected chi connectivity index (χ2v) is 6.74. The summed E-state index contributed by atoms with van der Waals surface area (Å²) in [7, 11) is 0. The van der Waals surface area contributed by atoms with Gasteiger partial charge in [0.1, 0.15) is 16.9 Å². The van der Waals surface area contributed by atoms with Crippen LogP contribution >= 0.6 is 50.1 Å². The quantitative estimate of drug-likeness (QED) is 0.368. The number of carboxylic acid groups (broad SMARTS) is 2. The number of aromatic carboxylic acids is 2. The topological polar surface area (TPSA) is 133 Å². The summed E-state index contributed by atoms with van der Waals surface area (Å²) in [6.45, 7) is 0. The zero-order valence-corrected chi connectivity index (χ0v) is 15.5. The van der Waals surface area contributed by atoms with E-state index < -0.39 is 34.4 Å². The van der Waals surface area contributed by atoms with Crippen LogP contribution in [0.3, 0.4) is 0 Å². The van der Waals surface area contributed by atoms with Crippen molar-refractivity contribution in [1.29, 1.82) is 0 Å². The molecule has 0 spiro atoms. The second kappa shape index (κ2) is 6.49. The Morgan fingerprint density at radius 2 is 1.78 bits per heavy atom. The van der Waals surface area contributed by atoms with Gasteiger partial charge in [-0.1, -0.05) is 11.6 Å². The molecule has 7 nitrogen and oxygen atoms in total. The first-order chi connectivity index (χ1) is 10.6. The van der Waals surface area contributed by atoms with Crippen LogP contribution in [0, 0.1) is 3.57 Å². The molecular formula is C13H7BrClIN2O5. The molecule has 10 heteroatoms. The minimum absolute atomic E-state index is 0.148. The van der Waals surface area contributed by atoms with Crippen molar-refractivity contribution < 1.29 is 19.8 Å². The second-order valence-electron chi connectivity index (χ2n) is 4.35. The largest absolute Gasteiger partial charge is 0.478 e. The Morgan fingerprint density at radius 1 is 1.22 bits per heavy atom. The van der Waals surface area contributed by atoms with Gasteiger partial charge < -0.3 is 20.9 Å². The van der Waals surface area contributed by atoms with Gasteiger partial charge in [0, 0.05) is 24.2 Å². The van der Waals surface area contributed by atoms with E-state index >= 15 is 0 Å². The van der Waals surface area contributed by atoms with Crippen LogP contribution in [-0.4, -0.2) is 27.1 Å². The lowest BCUT2D eigenvalue weighted by Gasteiger charge is -2.14. The van der Waals surface area contributed by atoms with Gasteiger partial charge in [-0.3, -0.25) is 4.79 Å². The molecule has 0 aliphatic carbocycles. The van der Waals surface area contributed by atoms with E-state index in [2.05, 4.69) is 15.9 Å². The summed E-state index contributed by atoms with van der Waals surface area (Å²) in [5.74, 6) is -3.49. The molecule has 0 fully saturated rings. The molecule has 0 bridgehead atoms. The number of halogens is 3. The van der Waals surface area contributed by atoms with Gasteiger partial charge in [0.2, 0.25) is 0 Å². The minimum Gasteiger partial charge on any atom is -0.478 e. The lowest BCUT2D eigenvalue weighted by atomic mass is 9.95. The van der Waals surface area contributed by atoms with E-state index in [1.165, 1.54) is 6.07 Å². The first-order valence-corrected chi connectivity index (χ1v) is 8.07. The number of hydrogen-bond acceptors (Lipinski definition) is 4. The Kier molecular flexibility index (Phi) is 5.01. The van der Waals surface area contributed by atoms with Gasteiger partial charge >= 0.3 is 11.9 Å². The Morgan fingerprint density at radius 3 is 2.30 bits per heavy atom. The van der Waals surface area contributed by atoms with Crippen LogP contribution in [0.25, 0.3) is 11.1 Å². The van der Waals surface area contributed by atoms with Crippen molar-refractivity contribution in [2.75, 3.05) is 5.73 Å². The molecule has 0 atom stereocenters. The Balaban J connectivity index is 3.10. The standard InChI is InChI=1S/C13H7BrClIN2O5/c14-9-4(1-3(15)2-5(9)16)6-7(12(20)21)10(17)18-11(19)8(6)13(22)23/h1-2H,(H,20,21)(H,22,23)(H3,17,18,19). The average Bonchev–Trinajstić information content (AvgIpc) is 2.40. The molecule has 2 aromatic rings. The zero-order chi connectivity index (χ0) is 17.5. The maximum Gasteiger partial charge on any atom is 0.342 e. The number of benzene rings is 1. The van der Waals surface area contributed by atoms with Crippen LogP contribution in [0.4, 0.5) is 5.82 Å². The highest BCUT2D eigenvalue weighted by Gasteiger charge is 2.28. The number of H-pyrrole nitrogens is 1. The molecule has 0 amide bonds. The van der Waals surface area contributed by atoms with Crippen molar-refractivity contribution in [3.63, 3.8) is 0 Å². The molecule has 1 heterocycles. The lowest BCUT2D eigenvalue weighted by Crippen LogP contribution is -2.24. The summed E-state index contributed by atoms with van der Waals surface area (Å²) >= 11 is 11.2. The molecule has 23 heavy (non-hydrogen) atoms. The molecule has 2 rings (SSSR count). The van der Waals surface area contributed by atoms with E-state index in [9.17, 15) is 24.6 Å². The molecule has 1 aromatic carbocycles. The van der Waals surface area contributed by atoms with Gasteiger partial charge in [-0.15, -0.1) is 0 Å². The minimum atomic E-state index is -1.58. The van der Waals surface area contributed by atoms with Crippen LogP contribution in [0.2, 0.25) is 5.02 Å². The number of anilines is 1. The average molecular weight is 513 g/mol. The summed E-state index contributed by atoms with van der Waals surface area (Å²) in [5, 5.41) is 19.0. The van der Waals surface area contributed by atoms with E-state index in [1.54, 1.807) is 6.07 Å². The van der Waals surface area contributed by atoms with Gasteiger partial charge in [-0.25, -0.2) is 9.59 Å². The van der Waals surface area contributed by atoms with Gasteiger partial charge in [0.05, 0.1) is 0 Å². The molecule has 5 N–H and O–H groups in total. The third-order valence-electron chi connectivity index (χ3n) is 2.93. The van der Waals surface area contributed by atoms with E-state index in [0.29, 0.717) is 8.04 Å². The van der Waals surface area contributed by atoms with E-state index in [1.807, 2.05) is 27.6 Å². The number of pyridine rings is 1. The summed E-state index contributed by atoms with van der Waals surface area (Å²) in [5.41, 5.74) is 3.17. The van der Waals surface area contributed by atoms with E-state index in [-0.39, 0.29) is 16.1 Å². The predicted octanol–water partition coefficient (Wildman–Crippen LogP) is 3.04. The SMILES string of the molecule is Nc1[nH]c(=O)c(C(=O)O)c(-c2cc(Cl)cc(I)c2Br)c1C(=O)O. The lowest BCUT2D eigenvalue weighted by molar-refractivity contribution is 0.0695. The third-order valence-corrected chi connectivity index (χ3v) is 5.60. The summed E-state index contributed by atoms with van der Waals surface area (Å²) < 4.78 is 1.01. The molecule has 1 aromatic heterocycles. The highest BCUT2D eigenvalue weighted by Crippen LogP contribution is 2.38. The number of nitrogens with two attached hydrogens (primary N) is 1. The normalized spacial score (nSPS) is 10.6. The van der Waals surface area contributed by atoms with Crippen molar-refractivity contribution >= 4 is 67.9 Å². The predicted molar refractivity (Wildman–Crippen MR) is 96.3 cm³/mol. The smallest absolute Gasteiger partial charge is 0.342 e. The van der Waals surface area contributed by atoms with Crippen molar-refractivity contribution in [2.45, 2.75) is 0 Å². The number of hydrogen-bond donors (Lipinski definition) is 4. The molecule has 0 aliphatic heterocycles. The maximum absolute atomic E-state index is 12.0. The number of aromatic amines is 1. The van der Waals surface area contributed by atoms with Crippen LogP contribution in [0.15, 0.2) is 21.4 Å². The molecule has 0 unspecified atom stereocenters. The number of rotatable bonds is 3. The van der Waals surface area contributed by atoms with Crippen molar-refractivity contribution in [3.05, 3.63) is 46.7 Å². The first kappa shape index (κ1) is 17.8. The number of aromatic nitrogens is 1. The molecular weight excluding hydrogens is 506 g/mol. The maximum atomic E-state index is 12.0. The third kappa shape index (κ3) is 3.21.